The normalized spacial score (nSPS) is 25.4. The Hall–Kier alpha value is -0.910. The van der Waals surface area contributed by atoms with Crippen molar-refractivity contribution in [3.8, 4) is 0 Å². The summed E-state index contributed by atoms with van der Waals surface area (Å²) in [6, 6.07) is -0.509. The lowest BCUT2D eigenvalue weighted by Gasteiger charge is -2.27. The van der Waals surface area contributed by atoms with Crippen molar-refractivity contribution in [3.63, 3.8) is 0 Å². The summed E-state index contributed by atoms with van der Waals surface area (Å²) >= 11 is 1.83. The molecule has 5 nitrogen and oxygen atoms in total. The van der Waals surface area contributed by atoms with Crippen molar-refractivity contribution >= 4 is 23.8 Å². The summed E-state index contributed by atoms with van der Waals surface area (Å²) in [4.78, 5) is 23.1. The number of amides is 2. The highest BCUT2D eigenvalue weighted by Gasteiger charge is 2.45. The molecule has 0 aromatic carbocycles. The maximum atomic E-state index is 11.8. The number of nitrogens with one attached hydrogen (secondary N) is 2. The molecule has 0 bridgehead atoms. The number of carbonyl (C=O) groups is 2. The fourth-order valence-corrected chi connectivity index (χ4v) is 3.11. The van der Waals surface area contributed by atoms with Crippen LogP contribution in [0.5, 0.6) is 0 Å². The Labute approximate surface area is 125 Å². The molecule has 116 valence electrons. The van der Waals surface area contributed by atoms with E-state index in [4.69, 9.17) is 0 Å². The maximum absolute atomic E-state index is 11.8. The first-order valence-electron chi connectivity index (χ1n) is 7.27. The third kappa shape index (κ3) is 4.89. The minimum Gasteiger partial charge on any atom is -0.481 e. The van der Waals surface area contributed by atoms with Gasteiger partial charge in [-0.25, -0.2) is 4.79 Å². The molecule has 6 heteroatoms. The van der Waals surface area contributed by atoms with Crippen LogP contribution in [0, 0.1) is 5.41 Å². The zero-order valence-corrected chi connectivity index (χ0v) is 13.2. The van der Waals surface area contributed by atoms with Crippen molar-refractivity contribution in [1.82, 2.24) is 10.6 Å². The Morgan fingerprint density at radius 1 is 1.35 bits per heavy atom. The first-order valence-corrected chi connectivity index (χ1v) is 8.67. The Morgan fingerprint density at radius 3 is 2.75 bits per heavy atom. The van der Waals surface area contributed by atoms with Gasteiger partial charge in [0.15, 0.2) is 0 Å². The predicted octanol–water partition coefficient (Wildman–Crippen LogP) is 2.46. The molecule has 2 unspecified atom stereocenters. The van der Waals surface area contributed by atoms with Gasteiger partial charge in [-0.2, -0.15) is 11.8 Å². The van der Waals surface area contributed by atoms with Crippen LogP contribution in [0.1, 0.15) is 45.4 Å². The number of rotatable bonds is 8. The number of carbonyl (C=O) groups excluding carboxylic acids is 1. The lowest BCUT2D eigenvalue weighted by molar-refractivity contribution is -0.148. The van der Waals surface area contributed by atoms with Crippen molar-refractivity contribution in [2.45, 2.75) is 51.5 Å². The van der Waals surface area contributed by atoms with Crippen LogP contribution in [0.2, 0.25) is 0 Å². The third-order valence-corrected chi connectivity index (χ3v) is 4.76. The zero-order valence-electron chi connectivity index (χ0n) is 12.4. The summed E-state index contributed by atoms with van der Waals surface area (Å²) in [5.74, 6) is 0.336. The summed E-state index contributed by atoms with van der Waals surface area (Å²) in [5.41, 5.74) is -0.824. The summed E-state index contributed by atoms with van der Waals surface area (Å²) in [7, 11) is 0. The van der Waals surface area contributed by atoms with Gasteiger partial charge in [0.1, 0.15) is 0 Å². The summed E-state index contributed by atoms with van der Waals surface area (Å²) < 4.78 is 0. The minimum atomic E-state index is -0.824. The first kappa shape index (κ1) is 17.1. The lowest BCUT2D eigenvalue weighted by atomic mass is 9.85. The van der Waals surface area contributed by atoms with Gasteiger partial charge in [-0.3, -0.25) is 4.79 Å². The van der Waals surface area contributed by atoms with Crippen LogP contribution in [-0.2, 0) is 4.79 Å². The quantitative estimate of drug-likeness (QED) is 0.602. The van der Waals surface area contributed by atoms with Crippen molar-refractivity contribution in [3.05, 3.63) is 0 Å². The smallest absolute Gasteiger partial charge is 0.315 e. The van der Waals surface area contributed by atoms with E-state index >= 15 is 0 Å². The molecule has 1 aliphatic rings. The number of carboxylic acids is 1. The molecule has 0 spiro atoms. The number of carboxylic acid groups (broad SMARTS) is 1. The van der Waals surface area contributed by atoms with Crippen LogP contribution in [0.3, 0.4) is 0 Å². The molecule has 0 aromatic rings. The molecule has 0 aliphatic heterocycles. The van der Waals surface area contributed by atoms with E-state index in [1.165, 1.54) is 6.42 Å². The molecule has 1 rings (SSSR count). The van der Waals surface area contributed by atoms with Gasteiger partial charge in [-0.05, 0) is 44.6 Å². The molecule has 1 aliphatic carbocycles. The zero-order chi connectivity index (χ0) is 15.0. The first-order chi connectivity index (χ1) is 9.50. The van der Waals surface area contributed by atoms with Gasteiger partial charge in [-0.15, -0.1) is 0 Å². The van der Waals surface area contributed by atoms with Crippen LogP contribution in [-0.4, -0.2) is 41.7 Å². The lowest BCUT2D eigenvalue weighted by Crippen LogP contribution is -2.50. The SMILES string of the molecule is CSCCCCCNC(=O)NC1CCCC1(C)C(=O)O. The van der Waals surface area contributed by atoms with Crippen LogP contribution in [0.25, 0.3) is 0 Å². The number of hydrogen-bond donors (Lipinski definition) is 3. The fourth-order valence-electron chi connectivity index (χ4n) is 2.61. The van der Waals surface area contributed by atoms with Gasteiger partial charge >= 0.3 is 12.0 Å². The van der Waals surface area contributed by atoms with Crippen LogP contribution in [0.4, 0.5) is 4.79 Å². The summed E-state index contributed by atoms with van der Waals surface area (Å²) in [6.45, 7) is 2.37. The van der Waals surface area contributed by atoms with Gasteiger partial charge in [0.25, 0.3) is 0 Å². The molecule has 0 heterocycles. The number of urea groups is 1. The van der Waals surface area contributed by atoms with Crippen molar-refractivity contribution in [2.24, 2.45) is 5.41 Å². The van der Waals surface area contributed by atoms with E-state index in [1.807, 2.05) is 11.8 Å². The van der Waals surface area contributed by atoms with E-state index in [0.29, 0.717) is 13.0 Å². The number of unbranched alkanes of at least 4 members (excludes halogenated alkanes) is 2. The molecule has 0 aromatic heterocycles. The van der Waals surface area contributed by atoms with Crippen molar-refractivity contribution < 1.29 is 14.7 Å². The van der Waals surface area contributed by atoms with E-state index in [9.17, 15) is 14.7 Å². The predicted molar refractivity (Wildman–Crippen MR) is 82.1 cm³/mol. The average Bonchev–Trinajstić information content (AvgIpc) is 2.76. The second-order valence-corrected chi connectivity index (χ2v) is 6.61. The molecular formula is C14H26N2O3S. The molecule has 0 saturated heterocycles. The van der Waals surface area contributed by atoms with Gasteiger partial charge < -0.3 is 15.7 Å². The molecule has 2 amide bonds. The van der Waals surface area contributed by atoms with E-state index in [0.717, 1.165) is 31.4 Å². The average molecular weight is 302 g/mol. The van der Waals surface area contributed by atoms with Crippen LogP contribution >= 0.6 is 11.8 Å². The van der Waals surface area contributed by atoms with Crippen molar-refractivity contribution in [2.75, 3.05) is 18.6 Å². The second-order valence-electron chi connectivity index (χ2n) is 5.62. The Balaban J connectivity index is 2.23. The third-order valence-electron chi connectivity index (χ3n) is 4.06. The molecule has 20 heavy (non-hydrogen) atoms. The number of hydrogen-bond acceptors (Lipinski definition) is 3. The molecule has 0 radical (unpaired) electrons. The van der Waals surface area contributed by atoms with Gasteiger partial charge in [0, 0.05) is 12.6 Å². The van der Waals surface area contributed by atoms with E-state index in [2.05, 4.69) is 16.9 Å². The molecular weight excluding hydrogens is 276 g/mol. The summed E-state index contributed by atoms with van der Waals surface area (Å²) in [5, 5.41) is 14.9. The number of aliphatic carboxylic acids is 1. The number of thioether (sulfide) groups is 1. The van der Waals surface area contributed by atoms with E-state index < -0.39 is 11.4 Å². The van der Waals surface area contributed by atoms with Crippen molar-refractivity contribution in [1.29, 1.82) is 0 Å². The van der Waals surface area contributed by atoms with Crippen LogP contribution in [0.15, 0.2) is 0 Å². The van der Waals surface area contributed by atoms with E-state index in [-0.39, 0.29) is 12.1 Å². The second kappa shape index (κ2) is 8.39. The van der Waals surface area contributed by atoms with Gasteiger partial charge in [-0.1, -0.05) is 12.8 Å². The molecule has 2 atom stereocenters. The highest BCUT2D eigenvalue weighted by atomic mass is 32.2. The Morgan fingerprint density at radius 2 is 2.10 bits per heavy atom. The molecule has 1 saturated carbocycles. The largest absolute Gasteiger partial charge is 0.481 e. The minimum absolute atomic E-state index is 0.241. The topological polar surface area (TPSA) is 78.4 Å². The maximum Gasteiger partial charge on any atom is 0.315 e. The Kier molecular flexibility index (Phi) is 7.19. The molecule has 1 fully saturated rings. The van der Waals surface area contributed by atoms with Gasteiger partial charge in [0.05, 0.1) is 5.41 Å². The van der Waals surface area contributed by atoms with E-state index in [1.54, 1.807) is 6.92 Å². The standard InChI is InChI=1S/C14H26N2O3S/c1-14(12(17)18)8-6-7-11(14)16-13(19)15-9-4-3-5-10-20-2/h11H,3-10H2,1-2H3,(H,17,18)(H2,15,16,19). The molecule has 3 N–H and O–H groups in total. The van der Waals surface area contributed by atoms with Gasteiger partial charge in [0.2, 0.25) is 0 Å². The summed E-state index contributed by atoms with van der Waals surface area (Å²) in [6.07, 6.45) is 7.55. The highest BCUT2D eigenvalue weighted by molar-refractivity contribution is 7.98. The monoisotopic (exact) mass is 302 g/mol. The Bertz CT molecular complexity index is 338. The highest BCUT2D eigenvalue weighted by Crippen LogP contribution is 2.38. The fraction of sp³-hybridized carbons (Fsp3) is 0.857. The van der Waals surface area contributed by atoms with Crippen LogP contribution < -0.4 is 10.6 Å².